The Morgan fingerprint density at radius 1 is 1.38 bits per heavy atom. The van der Waals surface area contributed by atoms with Crippen LogP contribution >= 0.6 is 38.2 Å². The molecule has 0 unspecified atom stereocenters. The standard InChI is InChI=1S/C13H14BrCl2NO3S/c1-13(2,8-3-4-8)17-12(18)7-5-9(15)11(14)10(6-7)21(16,19)20/h5-6,8H,3-4H2,1-2H3,(H,17,18). The first-order valence-electron chi connectivity index (χ1n) is 6.28. The highest BCUT2D eigenvalue weighted by atomic mass is 79.9. The van der Waals surface area contributed by atoms with Crippen molar-refractivity contribution in [1.82, 2.24) is 5.32 Å². The highest BCUT2D eigenvalue weighted by Crippen LogP contribution is 2.39. The van der Waals surface area contributed by atoms with Gasteiger partial charge in [0.05, 0.1) is 14.4 Å². The number of nitrogens with one attached hydrogen (secondary N) is 1. The van der Waals surface area contributed by atoms with Crippen molar-refractivity contribution in [2.75, 3.05) is 0 Å². The maximum absolute atomic E-state index is 12.3. The highest BCUT2D eigenvalue weighted by molar-refractivity contribution is 9.10. The van der Waals surface area contributed by atoms with E-state index in [0.29, 0.717) is 5.92 Å². The van der Waals surface area contributed by atoms with Gasteiger partial charge in [-0.2, -0.15) is 0 Å². The van der Waals surface area contributed by atoms with E-state index in [4.69, 9.17) is 22.3 Å². The summed E-state index contributed by atoms with van der Waals surface area (Å²) in [6.07, 6.45) is 2.16. The largest absolute Gasteiger partial charge is 0.347 e. The smallest absolute Gasteiger partial charge is 0.262 e. The first-order valence-corrected chi connectivity index (χ1v) is 9.76. The lowest BCUT2D eigenvalue weighted by Gasteiger charge is -2.26. The molecule has 0 radical (unpaired) electrons. The molecule has 1 N–H and O–H groups in total. The Morgan fingerprint density at radius 2 is 1.95 bits per heavy atom. The molecule has 0 saturated heterocycles. The molecule has 1 amide bonds. The van der Waals surface area contributed by atoms with Gasteiger partial charge in [0.2, 0.25) is 0 Å². The number of carbonyl (C=O) groups is 1. The van der Waals surface area contributed by atoms with Crippen LogP contribution in [0.3, 0.4) is 0 Å². The average molecular weight is 415 g/mol. The van der Waals surface area contributed by atoms with Crippen molar-refractivity contribution in [2.24, 2.45) is 5.92 Å². The van der Waals surface area contributed by atoms with Crippen LogP contribution in [-0.4, -0.2) is 19.9 Å². The Morgan fingerprint density at radius 3 is 2.43 bits per heavy atom. The molecule has 0 aromatic heterocycles. The summed E-state index contributed by atoms with van der Waals surface area (Å²) in [4.78, 5) is 12.1. The molecule has 1 fully saturated rings. The van der Waals surface area contributed by atoms with Crippen LogP contribution in [0.4, 0.5) is 0 Å². The molecule has 0 spiro atoms. The second kappa shape index (κ2) is 5.72. The zero-order valence-corrected chi connectivity index (χ0v) is 15.3. The zero-order valence-electron chi connectivity index (χ0n) is 11.4. The summed E-state index contributed by atoms with van der Waals surface area (Å²) in [5.74, 6) is 0.0754. The second-order valence-corrected chi connectivity index (χ2v) is 9.39. The number of benzene rings is 1. The van der Waals surface area contributed by atoms with Gasteiger partial charge in [0, 0.05) is 21.8 Å². The molecular formula is C13H14BrCl2NO3S. The maximum atomic E-state index is 12.3. The van der Waals surface area contributed by atoms with Crippen molar-refractivity contribution in [2.45, 2.75) is 37.1 Å². The van der Waals surface area contributed by atoms with Crippen LogP contribution in [0.25, 0.3) is 0 Å². The number of hydrogen-bond acceptors (Lipinski definition) is 3. The van der Waals surface area contributed by atoms with Gasteiger partial charge >= 0.3 is 0 Å². The number of amides is 1. The molecule has 116 valence electrons. The minimum atomic E-state index is -4.00. The Kier molecular flexibility index (Phi) is 4.65. The second-order valence-electron chi connectivity index (χ2n) is 5.66. The molecule has 1 aromatic carbocycles. The molecule has 0 atom stereocenters. The summed E-state index contributed by atoms with van der Waals surface area (Å²) in [6, 6.07) is 2.63. The van der Waals surface area contributed by atoms with Crippen LogP contribution in [0.15, 0.2) is 21.5 Å². The van der Waals surface area contributed by atoms with E-state index in [0.717, 1.165) is 12.8 Å². The van der Waals surface area contributed by atoms with E-state index in [9.17, 15) is 13.2 Å². The van der Waals surface area contributed by atoms with Crippen LogP contribution in [0.2, 0.25) is 5.02 Å². The molecular weight excluding hydrogens is 401 g/mol. The summed E-state index contributed by atoms with van der Waals surface area (Å²) in [7, 11) is 1.36. The SMILES string of the molecule is CC(C)(NC(=O)c1cc(Cl)c(Br)c(S(=O)(=O)Cl)c1)C1CC1. The predicted molar refractivity (Wildman–Crippen MR) is 86.5 cm³/mol. The molecule has 0 bridgehead atoms. The van der Waals surface area contributed by atoms with Crippen LogP contribution in [-0.2, 0) is 9.05 Å². The molecule has 4 nitrogen and oxygen atoms in total. The third kappa shape index (κ3) is 3.92. The van der Waals surface area contributed by atoms with Gasteiger partial charge in [-0.15, -0.1) is 0 Å². The third-order valence-electron chi connectivity index (χ3n) is 3.55. The van der Waals surface area contributed by atoms with E-state index in [1.807, 2.05) is 13.8 Å². The molecule has 1 aromatic rings. The van der Waals surface area contributed by atoms with Crippen molar-refractivity contribution in [3.05, 3.63) is 27.2 Å². The van der Waals surface area contributed by atoms with Gasteiger partial charge in [0.25, 0.3) is 15.0 Å². The van der Waals surface area contributed by atoms with Gasteiger partial charge in [0.1, 0.15) is 0 Å². The molecule has 1 aliphatic rings. The van der Waals surface area contributed by atoms with E-state index in [1.165, 1.54) is 12.1 Å². The Labute approximate surface area is 141 Å². The van der Waals surface area contributed by atoms with Gasteiger partial charge < -0.3 is 5.32 Å². The lowest BCUT2D eigenvalue weighted by atomic mass is 9.98. The lowest BCUT2D eigenvalue weighted by molar-refractivity contribution is 0.0903. The highest BCUT2D eigenvalue weighted by Gasteiger charge is 2.39. The topological polar surface area (TPSA) is 63.2 Å². The van der Waals surface area contributed by atoms with Crippen LogP contribution < -0.4 is 5.32 Å². The number of rotatable bonds is 4. The summed E-state index contributed by atoms with van der Waals surface area (Å²) < 4.78 is 23.2. The molecule has 0 heterocycles. The van der Waals surface area contributed by atoms with E-state index in [-0.39, 0.29) is 31.4 Å². The maximum Gasteiger partial charge on any atom is 0.262 e. The Balaban J connectivity index is 2.36. The Bertz CT molecular complexity index is 700. The van der Waals surface area contributed by atoms with Crippen molar-refractivity contribution < 1.29 is 13.2 Å². The van der Waals surface area contributed by atoms with Crippen molar-refractivity contribution in [1.29, 1.82) is 0 Å². The van der Waals surface area contributed by atoms with Crippen molar-refractivity contribution in [3.63, 3.8) is 0 Å². The summed E-state index contributed by atoms with van der Waals surface area (Å²) in [6.45, 7) is 3.89. The van der Waals surface area contributed by atoms with Crippen molar-refractivity contribution >= 4 is 53.2 Å². The van der Waals surface area contributed by atoms with Gasteiger partial charge in [-0.25, -0.2) is 8.42 Å². The first-order chi connectivity index (χ1) is 9.52. The monoisotopic (exact) mass is 413 g/mol. The van der Waals surface area contributed by atoms with Crippen LogP contribution in [0.5, 0.6) is 0 Å². The fourth-order valence-corrected chi connectivity index (χ4v) is 4.52. The number of carbonyl (C=O) groups excluding carboxylic acids is 1. The zero-order chi connectivity index (χ0) is 16.0. The van der Waals surface area contributed by atoms with E-state index >= 15 is 0 Å². The van der Waals surface area contributed by atoms with Gasteiger partial charge in [-0.3, -0.25) is 4.79 Å². The van der Waals surface area contributed by atoms with E-state index in [2.05, 4.69) is 21.2 Å². The minimum absolute atomic E-state index is 0.117. The first kappa shape index (κ1) is 17.1. The lowest BCUT2D eigenvalue weighted by Crippen LogP contribution is -2.45. The quantitative estimate of drug-likeness (QED) is 0.758. The number of halogens is 3. The molecule has 1 aliphatic carbocycles. The van der Waals surface area contributed by atoms with Crippen molar-refractivity contribution in [3.8, 4) is 0 Å². The molecule has 8 heteroatoms. The fourth-order valence-electron chi connectivity index (χ4n) is 2.14. The van der Waals surface area contributed by atoms with Crippen LogP contribution in [0, 0.1) is 5.92 Å². The normalized spacial score (nSPS) is 15.9. The minimum Gasteiger partial charge on any atom is -0.347 e. The molecule has 21 heavy (non-hydrogen) atoms. The summed E-state index contributed by atoms with van der Waals surface area (Å²) in [5.41, 5.74) is -0.174. The predicted octanol–water partition coefficient (Wildman–Crippen LogP) is 3.95. The summed E-state index contributed by atoms with van der Waals surface area (Å²) in [5, 5.41) is 3.03. The molecule has 1 saturated carbocycles. The average Bonchev–Trinajstić information content (AvgIpc) is 3.14. The third-order valence-corrected chi connectivity index (χ3v) is 6.54. The number of hydrogen-bond donors (Lipinski definition) is 1. The summed E-state index contributed by atoms with van der Waals surface area (Å²) >= 11 is 9.03. The Hall–Kier alpha value is -0.300. The van der Waals surface area contributed by atoms with Gasteiger partial charge in [-0.05, 0) is 60.7 Å². The van der Waals surface area contributed by atoms with E-state index < -0.39 is 9.05 Å². The van der Waals surface area contributed by atoms with E-state index in [1.54, 1.807) is 0 Å². The van der Waals surface area contributed by atoms with Gasteiger partial charge in [0.15, 0.2) is 0 Å². The molecule has 2 rings (SSSR count). The fraction of sp³-hybridized carbons (Fsp3) is 0.462. The molecule has 0 aliphatic heterocycles. The van der Waals surface area contributed by atoms with Gasteiger partial charge in [-0.1, -0.05) is 11.6 Å². The van der Waals surface area contributed by atoms with Crippen LogP contribution in [0.1, 0.15) is 37.0 Å².